The quantitative estimate of drug-likeness (QED) is 0.536. The normalized spacial score (nSPS) is 11.0. The van der Waals surface area contributed by atoms with Crippen LogP contribution in [-0.2, 0) is 4.79 Å². The number of nitrogens with one attached hydrogen (secondary N) is 1. The van der Waals surface area contributed by atoms with E-state index in [-0.39, 0.29) is 5.91 Å². The highest BCUT2D eigenvalue weighted by Crippen LogP contribution is 2.34. The van der Waals surface area contributed by atoms with Crippen LogP contribution in [0.2, 0.25) is 10.0 Å². The van der Waals surface area contributed by atoms with E-state index in [1.54, 1.807) is 30.3 Å². The average Bonchev–Trinajstić information content (AvgIpc) is 3.11. The van der Waals surface area contributed by atoms with Crippen LogP contribution in [0.1, 0.15) is 5.76 Å². The molecule has 0 fully saturated rings. The van der Waals surface area contributed by atoms with Crippen molar-refractivity contribution in [2.24, 2.45) is 0 Å². The zero-order chi connectivity index (χ0) is 19.4. The molecule has 0 spiro atoms. The molecule has 0 aliphatic carbocycles. The second kappa shape index (κ2) is 8.33. The van der Waals surface area contributed by atoms with E-state index in [2.05, 4.69) is 5.32 Å². The van der Waals surface area contributed by atoms with E-state index in [9.17, 15) is 4.79 Å². The number of hydrogen-bond acceptors (Lipinski definition) is 3. The van der Waals surface area contributed by atoms with E-state index in [1.807, 2.05) is 49.3 Å². The number of nitrogens with zero attached hydrogens (tertiary/aromatic N) is 1. The van der Waals surface area contributed by atoms with Gasteiger partial charge in [-0.25, -0.2) is 0 Å². The summed E-state index contributed by atoms with van der Waals surface area (Å²) >= 11 is 12.2. The van der Waals surface area contributed by atoms with Crippen LogP contribution in [0.25, 0.3) is 17.4 Å². The van der Waals surface area contributed by atoms with E-state index in [0.29, 0.717) is 27.1 Å². The van der Waals surface area contributed by atoms with E-state index >= 15 is 0 Å². The van der Waals surface area contributed by atoms with Gasteiger partial charge in [0.05, 0.1) is 10.0 Å². The number of hydrogen-bond donors (Lipinski definition) is 1. The van der Waals surface area contributed by atoms with Crippen LogP contribution in [0.15, 0.2) is 65.1 Å². The molecule has 0 unspecified atom stereocenters. The zero-order valence-electron chi connectivity index (χ0n) is 14.9. The van der Waals surface area contributed by atoms with Crippen LogP contribution in [0.4, 0.5) is 11.4 Å². The van der Waals surface area contributed by atoms with E-state index < -0.39 is 0 Å². The summed E-state index contributed by atoms with van der Waals surface area (Å²) in [6, 6.07) is 16.5. The summed E-state index contributed by atoms with van der Waals surface area (Å²) in [6.07, 6.45) is 3.02. The van der Waals surface area contributed by atoms with E-state index in [4.69, 9.17) is 27.6 Å². The zero-order valence-corrected chi connectivity index (χ0v) is 16.4. The Kier molecular flexibility index (Phi) is 5.89. The molecule has 0 saturated carbocycles. The van der Waals surface area contributed by atoms with Gasteiger partial charge in [-0.05, 0) is 54.6 Å². The molecule has 6 heteroatoms. The highest BCUT2D eigenvalue weighted by atomic mass is 35.5. The molecule has 3 rings (SSSR count). The summed E-state index contributed by atoms with van der Waals surface area (Å²) in [5, 5.41) is 3.70. The second-order valence-corrected chi connectivity index (χ2v) is 6.85. The van der Waals surface area contributed by atoms with Crippen LogP contribution in [0.5, 0.6) is 0 Å². The fourth-order valence-corrected chi connectivity index (χ4v) is 2.86. The van der Waals surface area contributed by atoms with Crippen LogP contribution in [-0.4, -0.2) is 20.0 Å². The molecule has 0 aliphatic heterocycles. The fraction of sp³-hybridized carbons (Fsp3) is 0.0952. The molecule has 1 N–H and O–H groups in total. The van der Waals surface area contributed by atoms with Gasteiger partial charge in [0.1, 0.15) is 11.5 Å². The van der Waals surface area contributed by atoms with Crippen LogP contribution in [0, 0.1) is 0 Å². The fourth-order valence-electron chi connectivity index (χ4n) is 2.47. The van der Waals surface area contributed by atoms with Crippen molar-refractivity contribution in [2.45, 2.75) is 0 Å². The average molecular weight is 401 g/mol. The summed E-state index contributed by atoms with van der Waals surface area (Å²) in [6.45, 7) is 0. The first-order chi connectivity index (χ1) is 12.9. The van der Waals surface area contributed by atoms with Gasteiger partial charge in [0.15, 0.2) is 0 Å². The van der Waals surface area contributed by atoms with Crippen molar-refractivity contribution >= 4 is 46.6 Å². The topological polar surface area (TPSA) is 45.5 Å². The monoisotopic (exact) mass is 400 g/mol. The van der Waals surface area contributed by atoms with Gasteiger partial charge in [-0.3, -0.25) is 4.79 Å². The number of furan rings is 1. The summed E-state index contributed by atoms with van der Waals surface area (Å²) < 4.78 is 5.73. The highest BCUT2D eigenvalue weighted by molar-refractivity contribution is 6.43. The Labute approximate surface area is 168 Å². The molecule has 1 amide bonds. The first kappa shape index (κ1) is 19.1. The largest absolute Gasteiger partial charge is 0.457 e. The molecule has 4 nitrogen and oxygen atoms in total. The van der Waals surface area contributed by atoms with Crippen LogP contribution >= 0.6 is 23.2 Å². The predicted molar refractivity (Wildman–Crippen MR) is 113 cm³/mol. The molecule has 138 valence electrons. The molecule has 27 heavy (non-hydrogen) atoms. The Balaban J connectivity index is 1.67. The van der Waals surface area contributed by atoms with Crippen molar-refractivity contribution < 1.29 is 9.21 Å². The van der Waals surface area contributed by atoms with Crippen molar-refractivity contribution in [3.63, 3.8) is 0 Å². The molecule has 1 heterocycles. The van der Waals surface area contributed by atoms with Gasteiger partial charge < -0.3 is 14.6 Å². The van der Waals surface area contributed by atoms with Crippen molar-refractivity contribution in [1.29, 1.82) is 0 Å². The lowest BCUT2D eigenvalue weighted by molar-refractivity contribution is -0.111. The van der Waals surface area contributed by atoms with E-state index in [0.717, 1.165) is 11.4 Å². The Morgan fingerprint density at radius 2 is 1.78 bits per heavy atom. The molecule has 0 aliphatic rings. The SMILES string of the molecule is CN(C)c1ccc(NC(=O)C=Cc2ccc(-c3cccc(Cl)c3Cl)o2)cc1. The molecule has 0 saturated heterocycles. The minimum atomic E-state index is -0.244. The Morgan fingerprint density at radius 3 is 2.48 bits per heavy atom. The Morgan fingerprint density at radius 1 is 1.04 bits per heavy atom. The maximum Gasteiger partial charge on any atom is 0.248 e. The molecule has 3 aromatic rings. The van der Waals surface area contributed by atoms with Crippen molar-refractivity contribution in [2.75, 3.05) is 24.3 Å². The predicted octanol–water partition coefficient (Wildman–Crippen LogP) is 5.97. The number of rotatable bonds is 5. The first-order valence-corrected chi connectivity index (χ1v) is 9.00. The van der Waals surface area contributed by atoms with Crippen LogP contribution < -0.4 is 10.2 Å². The van der Waals surface area contributed by atoms with Gasteiger partial charge in [-0.15, -0.1) is 0 Å². The lowest BCUT2D eigenvalue weighted by Crippen LogP contribution is -2.10. The number of carbonyl (C=O) groups is 1. The van der Waals surface area contributed by atoms with Crippen molar-refractivity contribution in [3.05, 3.63) is 76.5 Å². The van der Waals surface area contributed by atoms with Crippen molar-refractivity contribution in [1.82, 2.24) is 0 Å². The lowest BCUT2D eigenvalue weighted by Gasteiger charge is -2.12. The standard InChI is InChI=1S/C21H18Cl2N2O2/c1-25(2)15-8-6-14(7-9-15)24-20(26)13-11-16-10-12-19(27-16)17-4-3-5-18(22)21(17)23/h3-13H,1-2H3,(H,24,26). The molecule has 1 aromatic heterocycles. The summed E-state index contributed by atoms with van der Waals surface area (Å²) in [4.78, 5) is 14.1. The highest BCUT2D eigenvalue weighted by Gasteiger charge is 2.10. The maximum atomic E-state index is 12.1. The third-order valence-electron chi connectivity index (χ3n) is 3.89. The Hall–Kier alpha value is -2.69. The summed E-state index contributed by atoms with van der Waals surface area (Å²) in [5.74, 6) is 0.882. The molecule has 0 radical (unpaired) electrons. The smallest absolute Gasteiger partial charge is 0.248 e. The minimum absolute atomic E-state index is 0.244. The van der Waals surface area contributed by atoms with Gasteiger partial charge in [0.2, 0.25) is 5.91 Å². The van der Waals surface area contributed by atoms with Gasteiger partial charge >= 0.3 is 0 Å². The molecule has 0 bridgehead atoms. The van der Waals surface area contributed by atoms with E-state index in [1.165, 1.54) is 6.08 Å². The second-order valence-electron chi connectivity index (χ2n) is 6.07. The third-order valence-corrected chi connectivity index (χ3v) is 4.71. The van der Waals surface area contributed by atoms with Gasteiger partial charge in [-0.2, -0.15) is 0 Å². The molecule has 0 atom stereocenters. The van der Waals surface area contributed by atoms with Gasteiger partial charge in [0, 0.05) is 37.1 Å². The number of amides is 1. The molecule has 2 aromatic carbocycles. The minimum Gasteiger partial charge on any atom is -0.457 e. The molecular formula is C21H18Cl2N2O2. The van der Waals surface area contributed by atoms with Gasteiger partial charge in [0.25, 0.3) is 0 Å². The summed E-state index contributed by atoms with van der Waals surface area (Å²) in [7, 11) is 3.93. The Bertz CT molecular complexity index is 976. The summed E-state index contributed by atoms with van der Waals surface area (Å²) in [5.41, 5.74) is 2.49. The number of carbonyl (C=O) groups excluding carboxylic acids is 1. The number of benzene rings is 2. The van der Waals surface area contributed by atoms with Crippen LogP contribution in [0.3, 0.4) is 0 Å². The maximum absolute atomic E-state index is 12.1. The van der Waals surface area contributed by atoms with Gasteiger partial charge in [-0.1, -0.05) is 29.3 Å². The first-order valence-electron chi connectivity index (χ1n) is 8.25. The number of halogens is 2. The third kappa shape index (κ3) is 4.73. The lowest BCUT2D eigenvalue weighted by atomic mass is 10.2. The van der Waals surface area contributed by atoms with Crippen molar-refractivity contribution in [3.8, 4) is 11.3 Å². The number of anilines is 2. The molecular weight excluding hydrogens is 383 g/mol.